The molecule has 0 radical (unpaired) electrons. The molecular weight excluding hydrogens is 338 g/mol. The molecule has 6 nitrogen and oxygen atoms in total. The van der Waals surface area contributed by atoms with Crippen LogP contribution in [0.1, 0.15) is 5.56 Å². The van der Waals surface area contributed by atoms with Crippen LogP contribution in [0, 0.1) is 0 Å². The standard InChI is InChI=1S/C18H19N3O3S/c22-17(16-12-23-14-8-4-5-9-15(14)24-16)20-21-18(25)19-11-10-13-6-2-1-3-7-13/h1-9,16H,10-12H2,(H,20,22)(H2,19,21,25). The highest BCUT2D eigenvalue weighted by atomic mass is 32.1. The predicted molar refractivity (Wildman–Crippen MR) is 98.4 cm³/mol. The molecule has 1 amide bonds. The average molecular weight is 357 g/mol. The van der Waals surface area contributed by atoms with Gasteiger partial charge in [-0.15, -0.1) is 0 Å². The van der Waals surface area contributed by atoms with Crippen LogP contribution in [0.15, 0.2) is 54.6 Å². The highest BCUT2D eigenvalue weighted by Crippen LogP contribution is 2.30. The van der Waals surface area contributed by atoms with E-state index >= 15 is 0 Å². The van der Waals surface area contributed by atoms with Gasteiger partial charge in [-0.05, 0) is 36.3 Å². The lowest BCUT2D eigenvalue weighted by Crippen LogP contribution is -2.53. The third-order valence-corrected chi connectivity index (χ3v) is 3.89. The van der Waals surface area contributed by atoms with Crippen molar-refractivity contribution in [1.29, 1.82) is 0 Å². The summed E-state index contributed by atoms with van der Waals surface area (Å²) >= 11 is 5.14. The van der Waals surface area contributed by atoms with Crippen LogP contribution in [-0.2, 0) is 11.2 Å². The van der Waals surface area contributed by atoms with Gasteiger partial charge in [0.25, 0.3) is 5.91 Å². The Bertz CT molecular complexity index is 739. The number of rotatable bonds is 4. The molecule has 0 fully saturated rings. The van der Waals surface area contributed by atoms with E-state index < -0.39 is 6.10 Å². The van der Waals surface area contributed by atoms with E-state index in [9.17, 15) is 4.79 Å². The topological polar surface area (TPSA) is 71.6 Å². The molecule has 1 aliphatic heterocycles. The number of fused-ring (bicyclic) bond motifs is 1. The minimum Gasteiger partial charge on any atom is -0.485 e. The van der Waals surface area contributed by atoms with Gasteiger partial charge >= 0.3 is 0 Å². The molecule has 0 aromatic heterocycles. The smallest absolute Gasteiger partial charge is 0.283 e. The van der Waals surface area contributed by atoms with Gasteiger partial charge in [-0.3, -0.25) is 15.6 Å². The summed E-state index contributed by atoms with van der Waals surface area (Å²) in [5, 5.41) is 3.39. The molecule has 1 unspecified atom stereocenters. The van der Waals surface area contributed by atoms with Crippen molar-refractivity contribution in [3.8, 4) is 11.5 Å². The SMILES string of the molecule is O=C(NNC(=S)NCCc1ccccc1)C1COc2ccccc2O1. The van der Waals surface area contributed by atoms with E-state index in [-0.39, 0.29) is 12.5 Å². The van der Waals surface area contributed by atoms with E-state index in [0.717, 1.165) is 6.42 Å². The number of para-hydroxylation sites is 2. The maximum absolute atomic E-state index is 12.1. The zero-order valence-corrected chi connectivity index (χ0v) is 14.3. The molecule has 3 N–H and O–H groups in total. The second-order valence-corrected chi connectivity index (χ2v) is 5.88. The summed E-state index contributed by atoms with van der Waals surface area (Å²) in [7, 11) is 0. The molecule has 0 saturated carbocycles. The van der Waals surface area contributed by atoms with Crippen LogP contribution < -0.4 is 25.6 Å². The maximum Gasteiger partial charge on any atom is 0.283 e. The molecule has 0 saturated heterocycles. The van der Waals surface area contributed by atoms with E-state index in [1.54, 1.807) is 12.1 Å². The van der Waals surface area contributed by atoms with Crippen molar-refractivity contribution in [2.24, 2.45) is 0 Å². The zero-order valence-electron chi connectivity index (χ0n) is 13.5. The minimum atomic E-state index is -0.727. The Labute approximate surface area is 151 Å². The third kappa shape index (κ3) is 4.84. The van der Waals surface area contributed by atoms with Crippen molar-refractivity contribution >= 4 is 23.2 Å². The summed E-state index contributed by atoms with van der Waals surface area (Å²) in [6.45, 7) is 0.820. The Balaban J connectivity index is 1.38. The molecule has 1 heterocycles. The van der Waals surface area contributed by atoms with E-state index in [2.05, 4.69) is 28.3 Å². The maximum atomic E-state index is 12.1. The largest absolute Gasteiger partial charge is 0.485 e. The fourth-order valence-corrected chi connectivity index (χ4v) is 2.51. The van der Waals surface area contributed by atoms with Crippen LogP contribution in [-0.4, -0.2) is 30.3 Å². The number of hydrogen-bond donors (Lipinski definition) is 3. The summed E-state index contributed by atoms with van der Waals surface area (Å²) in [5.41, 5.74) is 6.43. The van der Waals surface area contributed by atoms with Crippen LogP contribution in [0.5, 0.6) is 11.5 Å². The number of hydrogen-bond acceptors (Lipinski definition) is 4. The summed E-state index contributed by atoms with van der Waals surface area (Å²) in [6, 6.07) is 17.3. The quantitative estimate of drug-likeness (QED) is 0.570. The van der Waals surface area contributed by atoms with Crippen LogP contribution in [0.25, 0.3) is 0 Å². The lowest BCUT2D eigenvalue weighted by molar-refractivity contribution is -0.130. The highest BCUT2D eigenvalue weighted by Gasteiger charge is 2.27. The second-order valence-electron chi connectivity index (χ2n) is 5.47. The van der Waals surface area contributed by atoms with Crippen LogP contribution in [0.4, 0.5) is 0 Å². The second kappa shape index (κ2) is 8.34. The fourth-order valence-electron chi connectivity index (χ4n) is 2.36. The van der Waals surface area contributed by atoms with Gasteiger partial charge in [-0.25, -0.2) is 0 Å². The number of carbonyl (C=O) groups is 1. The van der Waals surface area contributed by atoms with E-state index in [0.29, 0.717) is 23.2 Å². The molecule has 2 aromatic carbocycles. The number of thiocarbonyl (C=S) groups is 1. The molecule has 2 aromatic rings. The van der Waals surface area contributed by atoms with Crippen molar-refractivity contribution in [3.05, 3.63) is 60.2 Å². The number of carbonyl (C=O) groups excluding carboxylic acids is 1. The Morgan fingerprint density at radius 1 is 1.04 bits per heavy atom. The first-order chi connectivity index (χ1) is 12.2. The van der Waals surface area contributed by atoms with E-state index in [1.807, 2.05) is 30.3 Å². The van der Waals surface area contributed by atoms with Crippen molar-refractivity contribution in [1.82, 2.24) is 16.2 Å². The Hall–Kier alpha value is -2.80. The van der Waals surface area contributed by atoms with Gasteiger partial charge in [0.05, 0.1) is 0 Å². The van der Waals surface area contributed by atoms with Gasteiger partial charge in [-0.2, -0.15) is 0 Å². The van der Waals surface area contributed by atoms with Gasteiger partial charge < -0.3 is 14.8 Å². The van der Waals surface area contributed by atoms with Gasteiger partial charge in [0.1, 0.15) is 6.61 Å². The number of amides is 1. The van der Waals surface area contributed by atoms with Crippen LogP contribution in [0.2, 0.25) is 0 Å². The first-order valence-electron chi connectivity index (χ1n) is 7.98. The number of ether oxygens (including phenoxy) is 2. The normalized spacial score (nSPS) is 15.1. The fraction of sp³-hybridized carbons (Fsp3) is 0.222. The molecule has 25 heavy (non-hydrogen) atoms. The van der Waals surface area contributed by atoms with Crippen LogP contribution in [0.3, 0.4) is 0 Å². The number of hydrazine groups is 1. The van der Waals surface area contributed by atoms with Crippen molar-refractivity contribution in [3.63, 3.8) is 0 Å². The molecule has 7 heteroatoms. The summed E-state index contributed by atoms with van der Waals surface area (Å²) in [6.07, 6.45) is 0.113. The van der Waals surface area contributed by atoms with Gasteiger partial charge in [0.15, 0.2) is 16.6 Å². The lowest BCUT2D eigenvalue weighted by atomic mass is 10.1. The average Bonchev–Trinajstić information content (AvgIpc) is 2.66. The zero-order chi connectivity index (χ0) is 17.5. The predicted octanol–water partition coefficient (Wildman–Crippen LogP) is 1.56. The van der Waals surface area contributed by atoms with Crippen molar-refractivity contribution in [2.45, 2.75) is 12.5 Å². The molecule has 0 bridgehead atoms. The Morgan fingerprint density at radius 3 is 2.56 bits per heavy atom. The van der Waals surface area contributed by atoms with E-state index in [4.69, 9.17) is 21.7 Å². The third-order valence-electron chi connectivity index (χ3n) is 3.64. The number of benzene rings is 2. The molecule has 3 rings (SSSR count). The Morgan fingerprint density at radius 2 is 1.76 bits per heavy atom. The molecular formula is C18H19N3O3S. The van der Waals surface area contributed by atoms with E-state index in [1.165, 1.54) is 5.56 Å². The van der Waals surface area contributed by atoms with Crippen LogP contribution >= 0.6 is 12.2 Å². The first kappa shape index (κ1) is 17.0. The Kier molecular flexibility index (Phi) is 5.69. The molecule has 0 spiro atoms. The molecule has 1 atom stereocenters. The lowest BCUT2D eigenvalue weighted by Gasteiger charge is -2.25. The number of nitrogens with one attached hydrogen (secondary N) is 3. The van der Waals surface area contributed by atoms with Gasteiger partial charge in [0, 0.05) is 6.54 Å². The summed E-state index contributed by atoms with van der Waals surface area (Å²) < 4.78 is 11.1. The first-order valence-corrected chi connectivity index (χ1v) is 8.39. The molecule has 0 aliphatic carbocycles. The summed E-state index contributed by atoms with van der Waals surface area (Å²) in [4.78, 5) is 12.1. The van der Waals surface area contributed by atoms with Crippen molar-refractivity contribution < 1.29 is 14.3 Å². The van der Waals surface area contributed by atoms with Gasteiger partial charge in [-0.1, -0.05) is 42.5 Å². The molecule has 1 aliphatic rings. The molecule has 130 valence electrons. The summed E-state index contributed by atoms with van der Waals surface area (Å²) in [5.74, 6) is 0.844. The monoisotopic (exact) mass is 357 g/mol. The van der Waals surface area contributed by atoms with Gasteiger partial charge in [0.2, 0.25) is 6.10 Å². The minimum absolute atomic E-state index is 0.152. The van der Waals surface area contributed by atoms with Crippen molar-refractivity contribution in [2.75, 3.05) is 13.2 Å². The highest BCUT2D eigenvalue weighted by molar-refractivity contribution is 7.80.